The minimum Gasteiger partial charge on any atom is -0.397 e. The molecule has 2 aromatic rings. The summed E-state index contributed by atoms with van der Waals surface area (Å²) >= 11 is 0. The van der Waals surface area contributed by atoms with Crippen molar-refractivity contribution in [3.05, 3.63) is 46.5 Å². The molecule has 1 aliphatic heterocycles. The highest BCUT2D eigenvalue weighted by Crippen LogP contribution is 2.41. The van der Waals surface area contributed by atoms with Gasteiger partial charge in [-0.2, -0.15) is 10.5 Å². The zero-order chi connectivity index (χ0) is 20.4. The number of nitrogens with one attached hydrogen (secondary N) is 2. The van der Waals surface area contributed by atoms with E-state index in [2.05, 4.69) is 20.6 Å². The molecule has 4 rings (SSSR count). The number of hydrogen-bond acceptors (Lipinski definition) is 9. The van der Waals surface area contributed by atoms with Gasteiger partial charge in [0.05, 0.1) is 12.3 Å². The summed E-state index contributed by atoms with van der Waals surface area (Å²) in [6, 6.07) is 9.19. The van der Waals surface area contributed by atoms with E-state index in [-0.39, 0.29) is 23.0 Å². The lowest BCUT2D eigenvalue weighted by Gasteiger charge is -2.27. The molecule has 2 heterocycles. The largest absolute Gasteiger partial charge is 0.397 e. The summed E-state index contributed by atoms with van der Waals surface area (Å²) in [5.74, 6) is 1.28. The first kappa shape index (κ1) is 18.5. The van der Waals surface area contributed by atoms with Gasteiger partial charge in [0, 0.05) is 12.2 Å². The second kappa shape index (κ2) is 7.66. The van der Waals surface area contributed by atoms with E-state index in [1.807, 2.05) is 36.5 Å². The Bertz CT molecular complexity index is 1060. The predicted molar refractivity (Wildman–Crippen MR) is 108 cm³/mol. The van der Waals surface area contributed by atoms with Crippen LogP contribution in [0.4, 0.5) is 17.3 Å². The number of nitrogens with zero attached hydrogens (tertiary/aromatic N) is 4. The lowest BCUT2D eigenvalue weighted by atomic mass is 9.92. The average molecular weight is 388 g/mol. The number of rotatable bonds is 5. The van der Waals surface area contributed by atoms with Crippen LogP contribution in [-0.2, 0) is 11.3 Å². The fourth-order valence-corrected chi connectivity index (χ4v) is 3.36. The van der Waals surface area contributed by atoms with Gasteiger partial charge in [-0.25, -0.2) is 9.98 Å². The van der Waals surface area contributed by atoms with Gasteiger partial charge in [0.25, 0.3) is 0 Å². The summed E-state index contributed by atoms with van der Waals surface area (Å²) < 4.78 is 5.88. The monoisotopic (exact) mass is 388 g/mol. The number of anilines is 3. The lowest BCUT2D eigenvalue weighted by molar-refractivity contribution is 0.110. The molecule has 1 aliphatic carbocycles. The first-order valence-electron chi connectivity index (χ1n) is 9.26. The minimum absolute atomic E-state index is 0.0225. The van der Waals surface area contributed by atoms with Gasteiger partial charge in [-0.05, 0) is 29.9 Å². The molecule has 2 aliphatic rings. The minimum atomic E-state index is -0.567. The van der Waals surface area contributed by atoms with Crippen molar-refractivity contribution in [2.24, 2.45) is 10.9 Å². The van der Waals surface area contributed by atoms with Crippen LogP contribution in [0.15, 0.2) is 29.3 Å². The van der Waals surface area contributed by atoms with Crippen molar-refractivity contribution in [1.82, 2.24) is 10.3 Å². The Hall–Kier alpha value is -3.82. The molecule has 1 saturated carbocycles. The Labute approximate surface area is 168 Å². The van der Waals surface area contributed by atoms with Crippen LogP contribution in [0.3, 0.4) is 0 Å². The molecule has 1 unspecified atom stereocenters. The predicted octanol–water partition coefficient (Wildman–Crippen LogP) is 1.99. The zero-order valence-corrected chi connectivity index (χ0v) is 15.6. The Morgan fingerprint density at radius 3 is 2.76 bits per heavy atom. The number of fused-ring (bicyclic) bond motifs is 1. The quantitative estimate of drug-likeness (QED) is 0.447. The van der Waals surface area contributed by atoms with Crippen LogP contribution < -0.4 is 22.1 Å². The topological polar surface area (TPSA) is 158 Å². The number of aliphatic imine (C=N–C) groups is 1. The summed E-state index contributed by atoms with van der Waals surface area (Å²) in [7, 11) is 0. The van der Waals surface area contributed by atoms with Gasteiger partial charge in [-0.3, -0.25) is 5.32 Å². The standard InChI is InChI=1S/C20H20N8O/c21-7-14-16(23)15-17(26-20(25-10-22)28-19(15)27-18(14)24)13-4-2-1-3-12(13)9-29-8-11-5-6-11/h1-4,11,17H,5-6,8-9H2,(H6,23,24,25,26,27,28). The van der Waals surface area contributed by atoms with E-state index in [4.69, 9.17) is 21.5 Å². The molecule has 1 aromatic carbocycles. The first-order chi connectivity index (χ1) is 14.1. The molecule has 0 saturated heterocycles. The molecule has 0 bridgehead atoms. The van der Waals surface area contributed by atoms with E-state index in [1.54, 1.807) is 0 Å². The second-order valence-electron chi connectivity index (χ2n) is 7.06. The van der Waals surface area contributed by atoms with Gasteiger partial charge in [0.2, 0.25) is 5.96 Å². The SMILES string of the molecule is N#CNC1=NC(c2ccccc2COCC2CC2)c2c(nc(N)c(C#N)c2N)N1. The molecule has 146 valence electrons. The number of pyridine rings is 1. The molecule has 0 amide bonds. The Morgan fingerprint density at radius 2 is 2.03 bits per heavy atom. The molecular weight excluding hydrogens is 368 g/mol. The number of nitriles is 2. The number of hydrogen-bond donors (Lipinski definition) is 4. The van der Waals surface area contributed by atoms with Crippen LogP contribution in [0, 0.1) is 28.7 Å². The van der Waals surface area contributed by atoms with Crippen molar-refractivity contribution in [3.63, 3.8) is 0 Å². The maximum absolute atomic E-state index is 9.44. The van der Waals surface area contributed by atoms with Gasteiger partial charge in [0.15, 0.2) is 6.19 Å². The third kappa shape index (κ3) is 3.64. The summed E-state index contributed by atoms with van der Waals surface area (Å²) in [4.78, 5) is 8.89. The molecular formula is C20H20N8O. The Balaban J connectivity index is 1.79. The van der Waals surface area contributed by atoms with E-state index >= 15 is 0 Å². The van der Waals surface area contributed by atoms with Crippen molar-refractivity contribution in [3.8, 4) is 12.3 Å². The van der Waals surface area contributed by atoms with Gasteiger partial charge >= 0.3 is 0 Å². The third-order valence-electron chi connectivity index (χ3n) is 5.02. The molecule has 1 aromatic heterocycles. The molecule has 1 fully saturated rings. The maximum Gasteiger partial charge on any atom is 0.211 e. The van der Waals surface area contributed by atoms with Crippen molar-refractivity contribution >= 4 is 23.3 Å². The molecule has 29 heavy (non-hydrogen) atoms. The van der Waals surface area contributed by atoms with Crippen LogP contribution in [-0.4, -0.2) is 17.6 Å². The fraction of sp³-hybridized carbons (Fsp3) is 0.300. The molecule has 6 N–H and O–H groups in total. The van der Waals surface area contributed by atoms with E-state index in [0.29, 0.717) is 23.9 Å². The number of nitrogen functional groups attached to an aromatic ring is 2. The molecule has 9 nitrogen and oxygen atoms in total. The number of ether oxygens (including phenoxy) is 1. The summed E-state index contributed by atoms with van der Waals surface area (Å²) in [5, 5.41) is 23.9. The smallest absolute Gasteiger partial charge is 0.211 e. The lowest BCUT2D eigenvalue weighted by Crippen LogP contribution is -2.33. The second-order valence-corrected chi connectivity index (χ2v) is 7.06. The van der Waals surface area contributed by atoms with Crippen molar-refractivity contribution in [2.45, 2.75) is 25.5 Å². The molecule has 0 radical (unpaired) electrons. The number of guanidine groups is 1. The van der Waals surface area contributed by atoms with E-state index in [0.717, 1.165) is 17.7 Å². The van der Waals surface area contributed by atoms with E-state index < -0.39 is 6.04 Å². The van der Waals surface area contributed by atoms with Gasteiger partial charge in [-0.15, -0.1) is 0 Å². The van der Waals surface area contributed by atoms with Gasteiger partial charge in [0.1, 0.15) is 29.3 Å². The van der Waals surface area contributed by atoms with Crippen LogP contribution in [0.25, 0.3) is 0 Å². The third-order valence-corrected chi connectivity index (χ3v) is 5.02. The van der Waals surface area contributed by atoms with Gasteiger partial charge < -0.3 is 21.5 Å². The van der Waals surface area contributed by atoms with E-state index in [9.17, 15) is 5.26 Å². The summed E-state index contributed by atoms with van der Waals surface area (Å²) in [6.07, 6.45) is 4.29. The van der Waals surface area contributed by atoms with Crippen LogP contribution in [0.2, 0.25) is 0 Å². The number of benzene rings is 1. The van der Waals surface area contributed by atoms with E-state index in [1.165, 1.54) is 12.8 Å². The summed E-state index contributed by atoms with van der Waals surface area (Å²) in [5.41, 5.74) is 14.9. The molecule has 9 heteroatoms. The van der Waals surface area contributed by atoms with Crippen molar-refractivity contribution in [1.29, 1.82) is 10.5 Å². The first-order valence-corrected chi connectivity index (χ1v) is 9.26. The van der Waals surface area contributed by atoms with Crippen LogP contribution in [0.5, 0.6) is 0 Å². The van der Waals surface area contributed by atoms with Crippen molar-refractivity contribution < 1.29 is 4.74 Å². The fourth-order valence-electron chi connectivity index (χ4n) is 3.36. The Kier molecular flexibility index (Phi) is 4.90. The summed E-state index contributed by atoms with van der Waals surface area (Å²) in [6.45, 7) is 1.18. The highest BCUT2D eigenvalue weighted by Gasteiger charge is 2.31. The van der Waals surface area contributed by atoms with Crippen LogP contribution in [0.1, 0.15) is 41.1 Å². The number of nitrogens with two attached hydrogens (primary N) is 2. The maximum atomic E-state index is 9.44. The normalized spacial score (nSPS) is 17.3. The van der Waals surface area contributed by atoms with Gasteiger partial charge in [-0.1, -0.05) is 24.3 Å². The van der Waals surface area contributed by atoms with Crippen molar-refractivity contribution in [2.75, 3.05) is 23.4 Å². The molecule has 0 spiro atoms. The average Bonchev–Trinajstić information content (AvgIpc) is 3.52. The Morgan fingerprint density at radius 1 is 1.24 bits per heavy atom. The molecule has 1 atom stereocenters. The van der Waals surface area contributed by atoms with Crippen LogP contribution >= 0.6 is 0 Å². The highest BCUT2D eigenvalue weighted by atomic mass is 16.5. The zero-order valence-electron chi connectivity index (χ0n) is 15.6. The number of aromatic nitrogens is 1. The highest BCUT2D eigenvalue weighted by molar-refractivity contribution is 5.98.